The Balaban J connectivity index is 1.50. The van der Waals surface area contributed by atoms with Crippen molar-refractivity contribution in [2.24, 2.45) is 0 Å². The number of ether oxygens (including phenoxy) is 1. The number of nitrogens with two attached hydrogens (primary N) is 1. The summed E-state index contributed by atoms with van der Waals surface area (Å²) in [7, 11) is 0. The molecule has 1 aromatic carbocycles. The Hall–Kier alpha value is -2.97. The highest BCUT2D eigenvalue weighted by molar-refractivity contribution is 7.21. The molecule has 3 aromatic heterocycles. The maximum atomic E-state index is 12.9. The molecule has 6 nitrogen and oxygen atoms in total. The third-order valence-electron chi connectivity index (χ3n) is 4.83. The van der Waals surface area contributed by atoms with Crippen molar-refractivity contribution in [1.82, 2.24) is 9.97 Å². The second kappa shape index (κ2) is 9.45. The highest BCUT2D eigenvalue weighted by Gasteiger charge is 2.19. The molecule has 0 unspecified atom stereocenters. The fraction of sp³-hybridized carbons (Fsp3) is 0.261. The van der Waals surface area contributed by atoms with Crippen LogP contribution in [0.5, 0.6) is 5.75 Å². The number of carbonyl (C=O) groups is 1. The van der Waals surface area contributed by atoms with Gasteiger partial charge in [0.1, 0.15) is 15.5 Å². The topological polar surface area (TPSA) is 90.1 Å². The minimum atomic E-state index is -0.261. The Morgan fingerprint density at radius 1 is 1.13 bits per heavy atom. The number of nitrogen functional groups attached to an aromatic ring is 1. The molecule has 0 aliphatic carbocycles. The number of aromatic nitrogens is 2. The van der Waals surface area contributed by atoms with E-state index in [2.05, 4.69) is 22.2 Å². The second-order valence-corrected chi connectivity index (χ2v) is 8.91. The second-order valence-electron chi connectivity index (χ2n) is 7.05. The summed E-state index contributed by atoms with van der Waals surface area (Å²) in [4.78, 5) is 23.4. The molecule has 0 fully saturated rings. The lowest BCUT2D eigenvalue weighted by atomic mass is 10.1. The van der Waals surface area contributed by atoms with Gasteiger partial charge < -0.3 is 10.5 Å². The van der Waals surface area contributed by atoms with Crippen LogP contribution < -0.4 is 15.8 Å². The number of nitrogens with zero attached hydrogens (tertiary/aromatic N) is 2. The molecule has 0 saturated carbocycles. The van der Waals surface area contributed by atoms with Gasteiger partial charge in [-0.05, 0) is 56.2 Å². The number of benzene rings is 1. The molecule has 0 atom stereocenters. The number of rotatable bonds is 8. The lowest BCUT2D eigenvalue weighted by molar-refractivity contribution is 0.103. The largest absolute Gasteiger partial charge is 0.494 e. The van der Waals surface area contributed by atoms with E-state index in [1.54, 1.807) is 0 Å². The zero-order valence-corrected chi connectivity index (χ0v) is 19.1. The summed E-state index contributed by atoms with van der Waals surface area (Å²) in [5, 5.41) is 6.15. The first-order valence-corrected chi connectivity index (χ1v) is 12.0. The van der Waals surface area contributed by atoms with Gasteiger partial charge in [0.05, 0.1) is 18.0 Å². The molecule has 0 spiro atoms. The average Bonchev–Trinajstić information content (AvgIpc) is 3.37. The monoisotopic (exact) mass is 452 g/mol. The molecule has 4 aromatic rings. The Labute approximate surface area is 189 Å². The van der Waals surface area contributed by atoms with Gasteiger partial charge >= 0.3 is 0 Å². The number of hydrogen-bond donors (Lipinski definition) is 2. The van der Waals surface area contributed by atoms with Crippen molar-refractivity contribution in [3.8, 4) is 17.0 Å². The minimum Gasteiger partial charge on any atom is -0.494 e. The predicted molar refractivity (Wildman–Crippen MR) is 129 cm³/mol. The summed E-state index contributed by atoms with van der Waals surface area (Å²) >= 11 is 2.70. The molecule has 4 rings (SSSR count). The van der Waals surface area contributed by atoms with Gasteiger partial charge in [-0.2, -0.15) is 0 Å². The van der Waals surface area contributed by atoms with Gasteiger partial charge in [0.2, 0.25) is 0 Å². The van der Waals surface area contributed by atoms with Gasteiger partial charge in [-0.25, -0.2) is 9.97 Å². The van der Waals surface area contributed by atoms with Crippen LogP contribution in [0, 0.1) is 0 Å². The first kappa shape index (κ1) is 21.3. The Morgan fingerprint density at radius 2 is 1.94 bits per heavy atom. The predicted octanol–water partition coefficient (Wildman–Crippen LogP) is 6.00. The van der Waals surface area contributed by atoms with Crippen LogP contribution in [0.25, 0.3) is 21.5 Å². The third kappa shape index (κ3) is 4.70. The van der Waals surface area contributed by atoms with Crippen LogP contribution in [0.1, 0.15) is 42.1 Å². The fourth-order valence-electron chi connectivity index (χ4n) is 3.21. The molecule has 1 amide bonds. The van der Waals surface area contributed by atoms with Crippen LogP contribution >= 0.6 is 22.7 Å². The number of amides is 1. The van der Waals surface area contributed by atoms with Gasteiger partial charge in [-0.1, -0.05) is 13.3 Å². The highest BCUT2D eigenvalue weighted by Crippen LogP contribution is 2.34. The smallest absolute Gasteiger partial charge is 0.269 e. The van der Waals surface area contributed by atoms with Crippen molar-refractivity contribution in [1.29, 1.82) is 0 Å². The molecular formula is C23H24N4O2S2. The number of fused-ring (bicyclic) bond motifs is 1. The number of anilines is 2. The normalized spacial score (nSPS) is 11.0. The maximum Gasteiger partial charge on any atom is 0.269 e. The number of aryl methyl sites for hydroxylation is 1. The summed E-state index contributed by atoms with van der Waals surface area (Å²) < 4.78 is 5.48. The van der Waals surface area contributed by atoms with Gasteiger partial charge in [-0.3, -0.25) is 10.1 Å². The Morgan fingerprint density at radius 3 is 2.68 bits per heavy atom. The van der Waals surface area contributed by atoms with Gasteiger partial charge in [-0.15, -0.1) is 22.7 Å². The van der Waals surface area contributed by atoms with Crippen LogP contribution in [0.3, 0.4) is 0 Å². The molecular weight excluding hydrogens is 428 g/mol. The number of hydrogen-bond acceptors (Lipinski definition) is 7. The van der Waals surface area contributed by atoms with Crippen molar-refractivity contribution in [3.05, 3.63) is 52.3 Å². The van der Waals surface area contributed by atoms with Gasteiger partial charge in [0.25, 0.3) is 5.91 Å². The van der Waals surface area contributed by atoms with E-state index in [-0.39, 0.29) is 5.91 Å². The van der Waals surface area contributed by atoms with Crippen molar-refractivity contribution in [3.63, 3.8) is 0 Å². The fourth-order valence-corrected chi connectivity index (χ4v) is 4.93. The molecule has 3 N–H and O–H groups in total. The van der Waals surface area contributed by atoms with E-state index < -0.39 is 0 Å². The first-order chi connectivity index (χ1) is 15.1. The van der Waals surface area contributed by atoms with E-state index in [0.717, 1.165) is 52.2 Å². The van der Waals surface area contributed by atoms with Gasteiger partial charge in [0, 0.05) is 22.0 Å². The molecule has 0 saturated heterocycles. The SMILES string of the molecule is CCCCc1ccc2c(N)c(C(=O)Nc3nc(-c4ccc(OCC)cc4)cs3)sc2n1. The molecule has 0 radical (unpaired) electrons. The van der Waals surface area contributed by atoms with Crippen LogP contribution in [-0.2, 0) is 6.42 Å². The summed E-state index contributed by atoms with van der Waals surface area (Å²) in [5.74, 6) is 0.560. The van der Waals surface area contributed by atoms with Crippen LogP contribution in [0.2, 0.25) is 0 Å². The van der Waals surface area contributed by atoms with Crippen LogP contribution in [0.15, 0.2) is 41.8 Å². The van der Waals surface area contributed by atoms with Crippen LogP contribution in [-0.4, -0.2) is 22.5 Å². The summed E-state index contributed by atoms with van der Waals surface area (Å²) in [6.45, 7) is 4.74. The minimum absolute atomic E-state index is 0.261. The van der Waals surface area contributed by atoms with E-state index in [1.807, 2.05) is 48.7 Å². The van der Waals surface area contributed by atoms with Gasteiger partial charge in [0.15, 0.2) is 5.13 Å². The number of carbonyl (C=O) groups excluding carboxylic acids is 1. The molecule has 0 bridgehead atoms. The molecule has 160 valence electrons. The molecule has 3 heterocycles. The lowest BCUT2D eigenvalue weighted by Gasteiger charge is -2.03. The first-order valence-electron chi connectivity index (χ1n) is 10.3. The molecule has 0 aliphatic heterocycles. The lowest BCUT2D eigenvalue weighted by Crippen LogP contribution is -2.11. The van der Waals surface area contributed by atoms with Crippen molar-refractivity contribution in [2.75, 3.05) is 17.7 Å². The Bertz CT molecular complexity index is 1200. The average molecular weight is 453 g/mol. The molecule has 0 aliphatic rings. The van der Waals surface area contributed by atoms with Crippen molar-refractivity contribution >= 4 is 49.6 Å². The van der Waals surface area contributed by atoms with E-state index in [0.29, 0.717) is 22.3 Å². The highest BCUT2D eigenvalue weighted by atomic mass is 32.1. The molecule has 8 heteroatoms. The van der Waals surface area contributed by atoms with Crippen molar-refractivity contribution < 1.29 is 9.53 Å². The van der Waals surface area contributed by atoms with E-state index in [1.165, 1.54) is 22.7 Å². The van der Waals surface area contributed by atoms with E-state index in [4.69, 9.17) is 10.5 Å². The summed E-state index contributed by atoms with van der Waals surface area (Å²) in [6, 6.07) is 11.7. The summed E-state index contributed by atoms with van der Waals surface area (Å²) in [6.07, 6.45) is 3.14. The number of thiazole rings is 1. The quantitative estimate of drug-likeness (QED) is 0.342. The zero-order chi connectivity index (χ0) is 21.8. The number of unbranched alkanes of at least 4 members (excludes halogenated alkanes) is 1. The molecule has 31 heavy (non-hydrogen) atoms. The summed E-state index contributed by atoms with van der Waals surface area (Å²) in [5.41, 5.74) is 9.52. The maximum absolute atomic E-state index is 12.9. The van der Waals surface area contributed by atoms with Crippen LogP contribution in [0.4, 0.5) is 10.8 Å². The number of nitrogens with one attached hydrogen (secondary N) is 1. The Kier molecular flexibility index (Phi) is 6.48. The number of pyridine rings is 1. The standard InChI is InChI=1S/C23H24N4O2S2/c1-3-5-6-15-9-12-17-19(24)20(31-22(17)25-15)21(28)27-23-26-18(13-30-23)14-7-10-16(11-8-14)29-4-2/h7-13H,3-6,24H2,1-2H3,(H,26,27,28). The number of thiophene rings is 1. The van der Waals surface area contributed by atoms with E-state index >= 15 is 0 Å². The van der Waals surface area contributed by atoms with E-state index in [9.17, 15) is 4.79 Å². The third-order valence-corrected chi connectivity index (χ3v) is 6.70. The van der Waals surface area contributed by atoms with Crippen molar-refractivity contribution in [2.45, 2.75) is 33.1 Å². The zero-order valence-electron chi connectivity index (χ0n) is 17.5.